The highest BCUT2D eigenvalue weighted by Gasteiger charge is 2.16. The molecule has 0 aliphatic carbocycles. The number of rotatable bonds is 4. The number of H-pyrrole nitrogens is 1. The lowest BCUT2D eigenvalue weighted by Crippen LogP contribution is -1.90. The van der Waals surface area contributed by atoms with Crippen LogP contribution in [0.2, 0.25) is 0 Å². The maximum Gasteiger partial charge on any atom is 0.482 e. The number of para-hydroxylation sites is 1. The van der Waals surface area contributed by atoms with Gasteiger partial charge in [0, 0.05) is 11.1 Å². The van der Waals surface area contributed by atoms with Gasteiger partial charge in [-0.1, -0.05) is 72.8 Å². The number of nitrogens with zero attached hydrogens (tertiary/aromatic N) is 1. The van der Waals surface area contributed by atoms with Gasteiger partial charge in [-0.2, -0.15) is 0 Å². The Morgan fingerprint density at radius 2 is 1.32 bits per heavy atom. The van der Waals surface area contributed by atoms with Crippen molar-refractivity contribution in [2.75, 3.05) is 0 Å². The van der Waals surface area contributed by atoms with E-state index in [1.807, 2.05) is 60.7 Å². The number of benzene rings is 3. The molecule has 4 rings (SSSR count). The Bertz CT molecular complexity index is 924. The van der Waals surface area contributed by atoms with E-state index in [0.717, 1.165) is 39.7 Å². The molecule has 4 heteroatoms. The van der Waals surface area contributed by atoms with Crippen LogP contribution in [-0.4, -0.2) is 26.6 Å². The Hall–Kier alpha value is -2.80. The van der Waals surface area contributed by atoms with Gasteiger partial charge in [0.2, 0.25) is 0 Å². The van der Waals surface area contributed by atoms with Crippen molar-refractivity contribution in [2.45, 2.75) is 0 Å². The quantitative estimate of drug-likeness (QED) is 0.539. The van der Waals surface area contributed by atoms with Crippen molar-refractivity contribution in [1.82, 2.24) is 9.97 Å². The lowest BCUT2D eigenvalue weighted by molar-refractivity contribution is 0.618. The SMILES string of the molecule is [Al][O]c1ccccc1-c1nc(-c2ccccc2)c(-c2ccccc2)[nH]1. The zero-order valence-corrected chi connectivity index (χ0v) is 14.7. The highest BCUT2D eigenvalue weighted by Crippen LogP contribution is 2.35. The van der Waals surface area contributed by atoms with Gasteiger partial charge in [-0.25, -0.2) is 4.98 Å². The van der Waals surface area contributed by atoms with Crippen LogP contribution in [0.4, 0.5) is 0 Å². The second-order valence-corrected chi connectivity index (χ2v) is 5.89. The average Bonchev–Trinajstić information content (AvgIpc) is 3.14. The Kier molecular flexibility index (Phi) is 4.39. The fourth-order valence-electron chi connectivity index (χ4n) is 2.88. The molecule has 0 aliphatic heterocycles. The van der Waals surface area contributed by atoms with Crippen molar-refractivity contribution in [1.29, 1.82) is 0 Å². The second kappa shape index (κ2) is 6.98. The highest BCUT2D eigenvalue weighted by atomic mass is 27.1. The molecule has 3 nitrogen and oxygen atoms in total. The van der Waals surface area contributed by atoms with Crippen LogP contribution in [0.1, 0.15) is 0 Å². The highest BCUT2D eigenvalue weighted by molar-refractivity contribution is 6.00. The number of imidazole rings is 1. The Labute approximate surface area is 155 Å². The molecule has 1 aromatic heterocycles. The van der Waals surface area contributed by atoms with E-state index < -0.39 is 0 Å². The molecule has 0 bridgehead atoms. The molecule has 3 aromatic carbocycles. The molecular weight excluding hydrogens is 323 g/mol. The third kappa shape index (κ3) is 3.10. The number of nitrogens with one attached hydrogen (secondary N) is 1. The minimum absolute atomic E-state index is 0.764. The summed E-state index contributed by atoms with van der Waals surface area (Å²) >= 11 is 2.30. The maximum atomic E-state index is 5.42. The summed E-state index contributed by atoms with van der Waals surface area (Å²) in [6, 6.07) is 28.3. The number of hydrogen-bond acceptors (Lipinski definition) is 2. The van der Waals surface area contributed by atoms with E-state index in [-0.39, 0.29) is 0 Å². The zero-order chi connectivity index (χ0) is 17.1. The summed E-state index contributed by atoms with van der Waals surface area (Å²) in [4.78, 5) is 8.38. The molecule has 1 heterocycles. The minimum Gasteiger partial charge on any atom is -0.653 e. The second-order valence-electron chi connectivity index (χ2n) is 5.66. The fraction of sp³-hybridized carbons (Fsp3) is 0. The molecule has 2 radical (unpaired) electrons. The topological polar surface area (TPSA) is 37.9 Å². The minimum atomic E-state index is 0.764. The van der Waals surface area contributed by atoms with Crippen LogP contribution in [0.15, 0.2) is 84.9 Å². The van der Waals surface area contributed by atoms with Gasteiger partial charge < -0.3 is 8.77 Å². The third-order valence-electron chi connectivity index (χ3n) is 4.08. The number of aromatic amines is 1. The number of aromatic nitrogens is 2. The molecule has 0 aliphatic rings. The molecule has 25 heavy (non-hydrogen) atoms. The van der Waals surface area contributed by atoms with Crippen molar-refractivity contribution in [3.05, 3.63) is 84.9 Å². The molecule has 118 valence electrons. The van der Waals surface area contributed by atoms with E-state index in [4.69, 9.17) is 8.77 Å². The van der Waals surface area contributed by atoms with E-state index >= 15 is 0 Å². The molecule has 0 saturated carbocycles. The molecule has 0 fully saturated rings. The van der Waals surface area contributed by atoms with Gasteiger partial charge in [0.15, 0.2) is 0 Å². The lowest BCUT2D eigenvalue weighted by atomic mass is 10.1. The summed E-state index contributed by atoms with van der Waals surface area (Å²) in [7, 11) is 0. The van der Waals surface area contributed by atoms with E-state index in [9.17, 15) is 0 Å². The molecule has 0 atom stereocenters. The smallest absolute Gasteiger partial charge is 0.482 e. The van der Waals surface area contributed by atoms with Crippen LogP contribution in [0.5, 0.6) is 5.75 Å². The fourth-order valence-corrected chi connectivity index (χ4v) is 3.09. The molecule has 0 amide bonds. The normalized spacial score (nSPS) is 10.6. The van der Waals surface area contributed by atoms with Crippen LogP contribution in [0.3, 0.4) is 0 Å². The van der Waals surface area contributed by atoms with Crippen molar-refractivity contribution in [3.63, 3.8) is 0 Å². The first kappa shape index (κ1) is 15.7. The molecular formula is C21H15AlN2O. The van der Waals surface area contributed by atoms with Crippen molar-refractivity contribution in [2.24, 2.45) is 0 Å². The molecule has 1 N–H and O–H groups in total. The summed E-state index contributed by atoms with van der Waals surface area (Å²) in [5, 5.41) is 0. The first-order chi connectivity index (χ1) is 12.4. The van der Waals surface area contributed by atoms with Gasteiger partial charge >= 0.3 is 16.6 Å². The van der Waals surface area contributed by atoms with E-state index in [1.54, 1.807) is 0 Å². The summed E-state index contributed by atoms with van der Waals surface area (Å²) in [6.45, 7) is 0. The summed E-state index contributed by atoms with van der Waals surface area (Å²) in [6.07, 6.45) is 0. The monoisotopic (exact) mass is 338 g/mol. The first-order valence-electron chi connectivity index (χ1n) is 8.04. The van der Waals surface area contributed by atoms with Gasteiger partial charge in [-0.3, -0.25) is 0 Å². The van der Waals surface area contributed by atoms with Crippen LogP contribution < -0.4 is 3.79 Å². The standard InChI is InChI=1S/C21H16N2O.Al/c24-18-14-8-7-13-17(18)21-22-19(15-9-3-1-4-10-15)20(23-21)16-11-5-2-6-12-16;/h1-14,24H,(H,22,23);/q;+1/p-1. The summed E-state index contributed by atoms with van der Waals surface area (Å²) < 4.78 is 5.42. The zero-order valence-electron chi connectivity index (χ0n) is 13.5. The third-order valence-corrected chi connectivity index (χ3v) is 4.34. The van der Waals surface area contributed by atoms with Crippen LogP contribution in [0.25, 0.3) is 33.9 Å². The van der Waals surface area contributed by atoms with Gasteiger partial charge in [0.25, 0.3) is 0 Å². The number of hydrogen-bond donors (Lipinski definition) is 1. The van der Waals surface area contributed by atoms with Crippen LogP contribution in [0, 0.1) is 0 Å². The van der Waals surface area contributed by atoms with Crippen molar-refractivity contribution in [3.8, 4) is 39.7 Å². The van der Waals surface area contributed by atoms with Crippen LogP contribution >= 0.6 is 0 Å². The van der Waals surface area contributed by atoms with E-state index in [1.165, 1.54) is 0 Å². The summed E-state index contributed by atoms with van der Waals surface area (Å²) in [5.74, 6) is 1.55. The Morgan fingerprint density at radius 1 is 0.720 bits per heavy atom. The predicted octanol–water partition coefficient (Wildman–Crippen LogP) is 4.87. The lowest BCUT2D eigenvalue weighted by Gasteiger charge is -2.07. The van der Waals surface area contributed by atoms with E-state index in [2.05, 4.69) is 45.9 Å². The molecule has 4 aromatic rings. The van der Waals surface area contributed by atoms with Crippen molar-refractivity contribution >= 4 is 16.6 Å². The van der Waals surface area contributed by atoms with E-state index in [0.29, 0.717) is 0 Å². The molecule has 0 unspecified atom stereocenters. The van der Waals surface area contributed by atoms with Crippen molar-refractivity contribution < 1.29 is 3.79 Å². The Morgan fingerprint density at radius 3 is 2.00 bits per heavy atom. The van der Waals surface area contributed by atoms with Gasteiger partial charge in [0.1, 0.15) is 5.82 Å². The maximum absolute atomic E-state index is 5.42. The van der Waals surface area contributed by atoms with Gasteiger partial charge in [0.05, 0.1) is 22.7 Å². The van der Waals surface area contributed by atoms with Gasteiger partial charge in [-0.05, 0) is 12.1 Å². The predicted molar refractivity (Wildman–Crippen MR) is 101 cm³/mol. The van der Waals surface area contributed by atoms with Crippen LogP contribution in [-0.2, 0) is 0 Å². The largest absolute Gasteiger partial charge is 0.653 e. The molecule has 0 saturated heterocycles. The average molecular weight is 338 g/mol. The Balaban J connectivity index is 1.93. The summed E-state index contributed by atoms with van der Waals surface area (Å²) in [5.41, 5.74) is 5.04. The van der Waals surface area contributed by atoms with Gasteiger partial charge in [-0.15, -0.1) is 0 Å². The molecule has 0 spiro atoms. The first-order valence-corrected chi connectivity index (χ1v) is 8.51.